The van der Waals surface area contributed by atoms with Crippen LogP contribution in [0.1, 0.15) is 5.56 Å². The Morgan fingerprint density at radius 3 is 2.38 bits per heavy atom. The van der Waals surface area contributed by atoms with Crippen LogP contribution in [0.5, 0.6) is 5.75 Å². The molecule has 0 heterocycles. The predicted molar refractivity (Wildman–Crippen MR) is 81.2 cm³/mol. The molecule has 0 bridgehead atoms. The second-order valence-corrected chi connectivity index (χ2v) is 5.02. The molecular weight excluding hydrogens is 324 g/mol. The van der Waals surface area contributed by atoms with Crippen molar-refractivity contribution in [2.24, 2.45) is 10.2 Å². The molecule has 1 N–H and O–H groups in total. The Hall–Kier alpha value is -2.96. The molecule has 3 rings (SSSR count). The van der Waals surface area contributed by atoms with Crippen LogP contribution in [0, 0.1) is 5.82 Å². The van der Waals surface area contributed by atoms with Gasteiger partial charge < -0.3 is 5.11 Å². The number of phenolic OH excluding ortho intramolecular Hbond substituents is 1. The molecule has 0 amide bonds. The second kappa shape index (κ2) is 5.92. The van der Waals surface area contributed by atoms with Crippen molar-refractivity contribution in [1.29, 1.82) is 0 Å². The summed E-state index contributed by atoms with van der Waals surface area (Å²) < 4.78 is 51.4. The topological polar surface area (TPSA) is 45.0 Å². The maximum atomic E-state index is 13.3. The average Bonchev–Trinajstić information content (AvgIpc) is 2.54. The minimum absolute atomic E-state index is 0.131. The number of alkyl halides is 3. The van der Waals surface area contributed by atoms with Gasteiger partial charge in [-0.15, -0.1) is 5.11 Å². The van der Waals surface area contributed by atoms with Gasteiger partial charge in [-0.05, 0) is 29.7 Å². The molecule has 0 aliphatic heterocycles. The molecule has 0 aliphatic carbocycles. The fourth-order valence-electron chi connectivity index (χ4n) is 2.25. The molecule has 0 aromatic heterocycles. The van der Waals surface area contributed by atoms with E-state index in [9.17, 15) is 22.7 Å². The minimum Gasteiger partial charge on any atom is -0.506 e. The standard InChI is InChI=1S/C17H10F4N2O/c18-14-7-6-11(9-13(14)17(19,20)21)22-23-16-12-4-2-1-3-10(12)5-8-15(16)24/h1-9,24H. The van der Waals surface area contributed by atoms with E-state index >= 15 is 0 Å². The summed E-state index contributed by atoms with van der Waals surface area (Å²) in [6.07, 6.45) is -4.82. The highest BCUT2D eigenvalue weighted by molar-refractivity contribution is 5.95. The molecule has 0 unspecified atom stereocenters. The van der Waals surface area contributed by atoms with Crippen molar-refractivity contribution in [3.8, 4) is 5.75 Å². The SMILES string of the molecule is Oc1ccc2ccccc2c1N=Nc1ccc(F)c(C(F)(F)F)c1. The van der Waals surface area contributed by atoms with Gasteiger partial charge in [0, 0.05) is 5.39 Å². The lowest BCUT2D eigenvalue weighted by atomic mass is 10.1. The lowest BCUT2D eigenvalue weighted by Crippen LogP contribution is -2.07. The van der Waals surface area contributed by atoms with Gasteiger partial charge in [0.2, 0.25) is 0 Å². The van der Waals surface area contributed by atoms with Crippen LogP contribution in [0.3, 0.4) is 0 Å². The van der Waals surface area contributed by atoms with Gasteiger partial charge in [0.15, 0.2) is 0 Å². The molecule has 0 fully saturated rings. The third-order valence-corrected chi connectivity index (χ3v) is 3.40. The number of phenols is 1. The van der Waals surface area contributed by atoms with Crippen LogP contribution in [-0.2, 0) is 6.18 Å². The zero-order valence-corrected chi connectivity index (χ0v) is 12.0. The number of benzene rings is 3. The number of rotatable bonds is 2. The number of hydrogen-bond acceptors (Lipinski definition) is 3. The Morgan fingerprint density at radius 2 is 1.62 bits per heavy atom. The lowest BCUT2D eigenvalue weighted by molar-refractivity contribution is -0.139. The fraction of sp³-hybridized carbons (Fsp3) is 0.0588. The second-order valence-electron chi connectivity index (χ2n) is 5.02. The Morgan fingerprint density at radius 1 is 0.875 bits per heavy atom. The first-order chi connectivity index (χ1) is 11.4. The Bertz CT molecular complexity index is 936. The first-order valence-electron chi connectivity index (χ1n) is 6.85. The van der Waals surface area contributed by atoms with E-state index in [0.29, 0.717) is 17.5 Å². The monoisotopic (exact) mass is 334 g/mol. The molecular formula is C17H10F4N2O. The number of nitrogens with zero attached hydrogens (tertiary/aromatic N) is 2. The quantitative estimate of drug-likeness (QED) is 0.445. The van der Waals surface area contributed by atoms with Crippen molar-refractivity contribution in [1.82, 2.24) is 0 Å². The number of hydrogen-bond donors (Lipinski definition) is 1. The summed E-state index contributed by atoms with van der Waals surface area (Å²) in [6.45, 7) is 0. The normalized spacial score (nSPS) is 12.2. The zero-order valence-electron chi connectivity index (χ0n) is 12.0. The van der Waals surface area contributed by atoms with E-state index in [1.54, 1.807) is 30.3 Å². The van der Waals surface area contributed by atoms with Crippen LogP contribution in [0.4, 0.5) is 28.9 Å². The molecule has 3 nitrogen and oxygen atoms in total. The average molecular weight is 334 g/mol. The third-order valence-electron chi connectivity index (χ3n) is 3.40. The third kappa shape index (κ3) is 3.05. The highest BCUT2D eigenvalue weighted by Crippen LogP contribution is 2.37. The van der Waals surface area contributed by atoms with E-state index in [4.69, 9.17) is 0 Å². The molecule has 24 heavy (non-hydrogen) atoms. The molecule has 0 saturated carbocycles. The van der Waals surface area contributed by atoms with Crippen LogP contribution in [-0.4, -0.2) is 5.11 Å². The first kappa shape index (κ1) is 15.9. The van der Waals surface area contributed by atoms with Gasteiger partial charge in [-0.25, -0.2) is 4.39 Å². The summed E-state index contributed by atoms with van der Waals surface area (Å²) in [5.74, 6) is -1.54. The van der Waals surface area contributed by atoms with Gasteiger partial charge in [0.25, 0.3) is 0 Å². The molecule has 0 aliphatic rings. The molecule has 3 aromatic carbocycles. The van der Waals surface area contributed by atoms with Crippen molar-refractivity contribution in [3.63, 3.8) is 0 Å². The van der Waals surface area contributed by atoms with Gasteiger partial charge in [-0.2, -0.15) is 18.3 Å². The highest BCUT2D eigenvalue weighted by atomic mass is 19.4. The van der Waals surface area contributed by atoms with Gasteiger partial charge in [0.1, 0.15) is 17.3 Å². The largest absolute Gasteiger partial charge is 0.506 e. The molecule has 0 atom stereocenters. The van der Waals surface area contributed by atoms with Crippen LogP contribution in [0.25, 0.3) is 10.8 Å². The van der Waals surface area contributed by atoms with Crippen molar-refractivity contribution in [2.45, 2.75) is 6.18 Å². The molecule has 0 spiro atoms. The van der Waals surface area contributed by atoms with Gasteiger partial charge in [0.05, 0.1) is 11.3 Å². The van der Waals surface area contributed by atoms with E-state index in [0.717, 1.165) is 11.5 Å². The molecule has 122 valence electrons. The maximum Gasteiger partial charge on any atom is 0.419 e. The van der Waals surface area contributed by atoms with E-state index < -0.39 is 17.6 Å². The summed E-state index contributed by atoms with van der Waals surface area (Å²) in [5.41, 5.74) is -1.46. The zero-order chi connectivity index (χ0) is 17.3. The number of aromatic hydroxyl groups is 1. The van der Waals surface area contributed by atoms with E-state index in [1.165, 1.54) is 6.07 Å². The van der Waals surface area contributed by atoms with E-state index in [2.05, 4.69) is 10.2 Å². The molecule has 7 heteroatoms. The molecule has 0 saturated heterocycles. The van der Waals surface area contributed by atoms with Gasteiger partial charge in [-0.3, -0.25) is 0 Å². The summed E-state index contributed by atoms with van der Waals surface area (Å²) in [4.78, 5) is 0. The highest BCUT2D eigenvalue weighted by Gasteiger charge is 2.34. The summed E-state index contributed by atoms with van der Waals surface area (Å²) in [5, 5.41) is 18.9. The van der Waals surface area contributed by atoms with Crippen LogP contribution in [0.15, 0.2) is 64.8 Å². The van der Waals surface area contributed by atoms with Crippen LogP contribution >= 0.6 is 0 Å². The summed E-state index contributed by atoms with van der Waals surface area (Å²) in [6, 6.07) is 12.5. The fourth-order valence-corrected chi connectivity index (χ4v) is 2.25. The van der Waals surface area contributed by atoms with Crippen molar-refractivity contribution >= 4 is 22.1 Å². The van der Waals surface area contributed by atoms with Crippen LogP contribution in [0.2, 0.25) is 0 Å². The van der Waals surface area contributed by atoms with Crippen LogP contribution < -0.4 is 0 Å². The lowest BCUT2D eigenvalue weighted by Gasteiger charge is -2.08. The number of halogens is 4. The maximum absolute atomic E-state index is 13.3. The molecule has 0 radical (unpaired) electrons. The van der Waals surface area contributed by atoms with Crippen molar-refractivity contribution in [3.05, 3.63) is 66.0 Å². The summed E-state index contributed by atoms with van der Waals surface area (Å²) in [7, 11) is 0. The van der Waals surface area contributed by atoms with Crippen molar-refractivity contribution in [2.75, 3.05) is 0 Å². The van der Waals surface area contributed by atoms with E-state index in [1.807, 2.05) is 0 Å². The first-order valence-corrected chi connectivity index (χ1v) is 6.85. The summed E-state index contributed by atoms with van der Waals surface area (Å²) >= 11 is 0. The smallest absolute Gasteiger partial charge is 0.419 e. The Labute approximate surface area is 133 Å². The molecule has 3 aromatic rings. The minimum atomic E-state index is -4.82. The number of azo groups is 1. The van der Waals surface area contributed by atoms with Crippen molar-refractivity contribution < 1.29 is 22.7 Å². The van der Waals surface area contributed by atoms with Gasteiger partial charge in [-0.1, -0.05) is 30.3 Å². The predicted octanol–water partition coefficient (Wildman–Crippen LogP) is 6.12. The van der Waals surface area contributed by atoms with Gasteiger partial charge >= 0.3 is 6.18 Å². The van der Waals surface area contributed by atoms with E-state index in [-0.39, 0.29) is 17.1 Å². The number of fused-ring (bicyclic) bond motifs is 1. The Kier molecular flexibility index (Phi) is 3.92. The Balaban J connectivity index is 2.05.